The number of piperidine rings is 1. The fraction of sp³-hybridized carbons (Fsp3) is 0.500. The van der Waals surface area contributed by atoms with E-state index in [9.17, 15) is 18.0 Å². The van der Waals surface area contributed by atoms with Crippen LogP contribution in [0.1, 0.15) is 25.3 Å². The SMILES string of the molecule is COC(=O)[C@H]1C[C@H](NC(C)=O)CCN1S(=O)(=O)c1ccc(C)cc1. The molecule has 0 saturated carbocycles. The third-order valence-corrected chi connectivity index (χ3v) is 5.98. The molecular weight excluding hydrogens is 332 g/mol. The maximum absolute atomic E-state index is 12.9. The van der Waals surface area contributed by atoms with Gasteiger partial charge in [0.05, 0.1) is 12.0 Å². The minimum Gasteiger partial charge on any atom is -0.468 e. The predicted molar refractivity (Wildman–Crippen MR) is 87.7 cm³/mol. The molecule has 8 heteroatoms. The second kappa shape index (κ2) is 7.31. The van der Waals surface area contributed by atoms with E-state index in [0.29, 0.717) is 6.42 Å². The average molecular weight is 354 g/mol. The summed E-state index contributed by atoms with van der Waals surface area (Å²) in [4.78, 5) is 23.5. The van der Waals surface area contributed by atoms with Crippen molar-refractivity contribution in [3.63, 3.8) is 0 Å². The number of amides is 1. The standard InChI is InChI=1S/C16H22N2O5S/c1-11-4-6-14(7-5-11)24(21,22)18-9-8-13(17-12(2)19)10-15(18)16(20)23-3/h4-7,13,15H,8-10H2,1-3H3,(H,17,19)/t13-,15-/m1/s1. The highest BCUT2D eigenvalue weighted by Crippen LogP contribution is 2.26. The zero-order chi connectivity index (χ0) is 17.9. The molecule has 7 nitrogen and oxygen atoms in total. The van der Waals surface area contributed by atoms with E-state index in [-0.39, 0.29) is 29.8 Å². The van der Waals surface area contributed by atoms with Gasteiger partial charge in [0.1, 0.15) is 6.04 Å². The van der Waals surface area contributed by atoms with Crippen molar-refractivity contribution in [2.24, 2.45) is 0 Å². The molecule has 1 aromatic carbocycles. The zero-order valence-corrected chi connectivity index (χ0v) is 14.8. The lowest BCUT2D eigenvalue weighted by Gasteiger charge is -2.36. The van der Waals surface area contributed by atoms with E-state index in [1.807, 2.05) is 6.92 Å². The summed E-state index contributed by atoms with van der Waals surface area (Å²) in [6.45, 7) is 3.40. The van der Waals surface area contributed by atoms with Crippen LogP contribution >= 0.6 is 0 Å². The Kier molecular flexibility index (Phi) is 5.61. The largest absolute Gasteiger partial charge is 0.468 e. The van der Waals surface area contributed by atoms with E-state index in [2.05, 4.69) is 5.32 Å². The first-order valence-electron chi connectivity index (χ1n) is 7.69. The van der Waals surface area contributed by atoms with Crippen LogP contribution < -0.4 is 5.32 Å². The fourth-order valence-electron chi connectivity index (χ4n) is 2.85. The van der Waals surface area contributed by atoms with Gasteiger partial charge in [0.25, 0.3) is 0 Å². The molecule has 0 aliphatic carbocycles. The first kappa shape index (κ1) is 18.4. The number of methoxy groups -OCH3 is 1. The number of hydrogen-bond donors (Lipinski definition) is 1. The summed E-state index contributed by atoms with van der Waals surface area (Å²) in [6.07, 6.45) is 0.634. The van der Waals surface area contributed by atoms with Crippen LogP contribution in [0.25, 0.3) is 0 Å². The van der Waals surface area contributed by atoms with Crippen molar-refractivity contribution < 1.29 is 22.7 Å². The van der Waals surface area contributed by atoms with Gasteiger partial charge in [0, 0.05) is 19.5 Å². The van der Waals surface area contributed by atoms with Crippen LogP contribution in [0.5, 0.6) is 0 Å². The third-order valence-electron chi connectivity index (χ3n) is 4.06. The first-order chi connectivity index (χ1) is 11.3. The van der Waals surface area contributed by atoms with Gasteiger partial charge in [0.15, 0.2) is 0 Å². The Labute approximate surface area is 142 Å². The minimum absolute atomic E-state index is 0.139. The van der Waals surface area contributed by atoms with Crippen molar-refractivity contribution in [3.8, 4) is 0 Å². The highest BCUT2D eigenvalue weighted by Gasteiger charge is 2.41. The van der Waals surface area contributed by atoms with Gasteiger partial charge >= 0.3 is 5.97 Å². The molecule has 0 bridgehead atoms. The maximum atomic E-state index is 12.9. The third kappa shape index (κ3) is 3.93. The van der Waals surface area contributed by atoms with Crippen LogP contribution in [0.15, 0.2) is 29.2 Å². The van der Waals surface area contributed by atoms with Crippen molar-refractivity contribution in [2.45, 2.75) is 43.7 Å². The lowest BCUT2D eigenvalue weighted by atomic mass is 9.99. The number of nitrogens with zero attached hydrogens (tertiary/aromatic N) is 1. The van der Waals surface area contributed by atoms with Crippen LogP contribution in [0.2, 0.25) is 0 Å². The van der Waals surface area contributed by atoms with Crippen LogP contribution in [0, 0.1) is 6.92 Å². The topological polar surface area (TPSA) is 92.8 Å². The van der Waals surface area contributed by atoms with E-state index < -0.39 is 22.0 Å². The molecule has 1 aromatic rings. The Hall–Kier alpha value is -1.93. The molecule has 1 fully saturated rings. The van der Waals surface area contributed by atoms with E-state index in [1.54, 1.807) is 12.1 Å². The molecule has 1 aliphatic rings. The summed E-state index contributed by atoms with van der Waals surface area (Å²) in [5, 5.41) is 2.74. The van der Waals surface area contributed by atoms with Crippen molar-refractivity contribution >= 4 is 21.9 Å². The van der Waals surface area contributed by atoms with E-state index in [0.717, 1.165) is 5.56 Å². The molecule has 1 saturated heterocycles. The number of esters is 1. The van der Waals surface area contributed by atoms with Gasteiger partial charge in [-0.05, 0) is 31.9 Å². The predicted octanol–water partition coefficient (Wildman–Crippen LogP) is 0.826. The molecule has 1 amide bonds. The second-order valence-corrected chi connectivity index (χ2v) is 7.78. The van der Waals surface area contributed by atoms with E-state index in [1.165, 1.54) is 30.5 Å². The average Bonchev–Trinajstić information content (AvgIpc) is 2.53. The molecule has 132 valence electrons. The minimum atomic E-state index is -3.82. The number of rotatable bonds is 4. The lowest BCUT2D eigenvalue weighted by molar-refractivity contribution is -0.146. The second-order valence-electron chi connectivity index (χ2n) is 5.89. The number of nitrogens with one attached hydrogen (secondary N) is 1. The lowest BCUT2D eigenvalue weighted by Crippen LogP contribution is -2.54. The Morgan fingerprint density at radius 1 is 1.25 bits per heavy atom. The first-order valence-corrected chi connectivity index (χ1v) is 9.13. The smallest absolute Gasteiger partial charge is 0.324 e. The van der Waals surface area contributed by atoms with Crippen LogP contribution in [0.3, 0.4) is 0 Å². The van der Waals surface area contributed by atoms with Gasteiger partial charge in [0.2, 0.25) is 15.9 Å². The number of aryl methyl sites for hydroxylation is 1. The summed E-state index contributed by atoms with van der Waals surface area (Å²) in [5.41, 5.74) is 0.947. The number of carbonyl (C=O) groups is 2. The van der Waals surface area contributed by atoms with Crippen molar-refractivity contribution in [2.75, 3.05) is 13.7 Å². The van der Waals surface area contributed by atoms with E-state index in [4.69, 9.17) is 4.74 Å². The highest BCUT2D eigenvalue weighted by atomic mass is 32.2. The normalized spacial score (nSPS) is 22.0. The molecular formula is C16H22N2O5S. The molecule has 0 spiro atoms. The number of carbonyl (C=O) groups excluding carboxylic acids is 2. The van der Waals surface area contributed by atoms with Gasteiger partial charge < -0.3 is 10.1 Å². The monoisotopic (exact) mass is 354 g/mol. The Morgan fingerprint density at radius 2 is 1.88 bits per heavy atom. The number of sulfonamides is 1. The molecule has 1 aliphatic heterocycles. The van der Waals surface area contributed by atoms with Crippen molar-refractivity contribution in [1.29, 1.82) is 0 Å². The highest BCUT2D eigenvalue weighted by molar-refractivity contribution is 7.89. The van der Waals surface area contributed by atoms with Gasteiger partial charge in [-0.3, -0.25) is 9.59 Å². The summed E-state index contributed by atoms with van der Waals surface area (Å²) in [6, 6.07) is 5.27. The molecule has 0 aromatic heterocycles. The van der Waals surface area contributed by atoms with Gasteiger partial charge in [-0.1, -0.05) is 17.7 Å². The van der Waals surface area contributed by atoms with Crippen LogP contribution in [-0.2, 0) is 24.3 Å². The van der Waals surface area contributed by atoms with Crippen LogP contribution in [-0.4, -0.2) is 50.3 Å². The molecule has 2 atom stereocenters. The van der Waals surface area contributed by atoms with Crippen molar-refractivity contribution in [1.82, 2.24) is 9.62 Å². The van der Waals surface area contributed by atoms with Gasteiger partial charge in [-0.25, -0.2) is 8.42 Å². The number of benzene rings is 1. The molecule has 0 radical (unpaired) electrons. The van der Waals surface area contributed by atoms with Gasteiger partial charge in [-0.2, -0.15) is 4.31 Å². The molecule has 24 heavy (non-hydrogen) atoms. The van der Waals surface area contributed by atoms with E-state index >= 15 is 0 Å². The maximum Gasteiger partial charge on any atom is 0.324 e. The van der Waals surface area contributed by atoms with Crippen molar-refractivity contribution in [3.05, 3.63) is 29.8 Å². The fourth-order valence-corrected chi connectivity index (χ4v) is 4.45. The number of ether oxygens (including phenoxy) is 1. The molecule has 2 rings (SSSR count). The quantitative estimate of drug-likeness (QED) is 0.809. The summed E-state index contributed by atoms with van der Waals surface area (Å²) < 4.78 is 31.7. The Balaban J connectivity index is 2.31. The summed E-state index contributed by atoms with van der Waals surface area (Å²) >= 11 is 0. The van der Waals surface area contributed by atoms with Crippen LogP contribution in [0.4, 0.5) is 0 Å². The summed E-state index contributed by atoms with van der Waals surface area (Å²) in [5.74, 6) is -0.834. The molecule has 0 unspecified atom stereocenters. The number of hydrogen-bond acceptors (Lipinski definition) is 5. The Morgan fingerprint density at radius 3 is 2.42 bits per heavy atom. The molecule has 1 N–H and O–H groups in total. The van der Waals surface area contributed by atoms with Gasteiger partial charge in [-0.15, -0.1) is 0 Å². The summed E-state index contributed by atoms with van der Waals surface area (Å²) in [7, 11) is -2.59. The Bertz CT molecular complexity index is 714. The zero-order valence-electron chi connectivity index (χ0n) is 14.0. The molecule has 1 heterocycles.